The third-order valence-electron chi connectivity index (χ3n) is 5.74. The standard InChI is InChI=1S/C25H36N4O3/c1-25(2,32)27-24(31)22(15-20-7-4-3-5-8-20)16-23(30)19-29-13-11-28(12-14-29)18-21-9-6-10-26-17-21/h3-10,17,22-23,30,32H,11-16,18-19H2,1-2H3,(H,27,31)/t22-,23?/m1/s1. The van der Waals surface area contributed by atoms with E-state index in [1.165, 1.54) is 5.56 Å². The van der Waals surface area contributed by atoms with Gasteiger partial charge in [0.25, 0.3) is 0 Å². The van der Waals surface area contributed by atoms with Gasteiger partial charge in [0.2, 0.25) is 5.91 Å². The molecule has 0 saturated carbocycles. The average molecular weight is 441 g/mol. The maximum absolute atomic E-state index is 12.8. The Labute approximate surface area is 191 Å². The van der Waals surface area contributed by atoms with Crippen LogP contribution in [0, 0.1) is 5.92 Å². The maximum atomic E-state index is 12.8. The van der Waals surface area contributed by atoms with E-state index in [1.54, 1.807) is 20.0 Å². The third-order valence-corrected chi connectivity index (χ3v) is 5.74. The molecule has 3 rings (SSSR count). The summed E-state index contributed by atoms with van der Waals surface area (Å²) in [6.45, 7) is 8.18. The topological polar surface area (TPSA) is 88.9 Å². The van der Waals surface area contributed by atoms with Crippen molar-refractivity contribution in [2.75, 3.05) is 32.7 Å². The van der Waals surface area contributed by atoms with Crippen LogP contribution in [0.15, 0.2) is 54.9 Å². The highest BCUT2D eigenvalue weighted by molar-refractivity contribution is 5.79. The van der Waals surface area contributed by atoms with Gasteiger partial charge in [0.05, 0.1) is 6.10 Å². The second kappa shape index (κ2) is 11.5. The predicted octanol–water partition coefficient (Wildman–Crippen LogP) is 1.65. The largest absolute Gasteiger partial charge is 0.392 e. The number of nitrogens with one attached hydrogen (secondary N) is 1. The predicted molar refractivity (Wildman–Crippen MR) is 125 cm³/mol. The minimum absolute atomic E-state index is 0.235. The van der Waals surface area contributed by atoms with Gasteiger partial charge in [-0.3, -0.25) is 19.6 Å². The number of carbonyl (C=O) groups excluding carboxylic acids is 1. The van der Waals surface area contributed by atoms with Crippen LogP contribution in [-0.4, -0.2) is 75.5 Å². The molecule has 3 N–H and O–H groups in total. The normalized spacial score (nSPS) is 17.6. The van der Waals surface area contributed by atoms with Crippen LogP contribution in [0.25, 0.3) is 0 Å². The van der Waals surface area contributed by atoms with Crippen molar-refractivity contribution < 1.29 is 15.0 Å². The zero-order chi connectivity index (χ0) is 23.0. The lowest BCUT2D eigenvalue weighted by molar-refractivity contribution is -0.132. The number of β-amino-alcohol motifs (C(OH)–C–C–N with tert-alkyl or cyclic N) is 1. The van der Waals surface area contributed by atoms with Crippen molar-refractivity contribution >= 4 is 5.91 Å². The number of aliphatic hydroxyl groups excluding tert-OH is 1. The summed E-state index contributed by atoms with van der Waals surface area (Å²) in [5.74, 6) is -0.646. The molecule has 1 aromatic heterocycles. The molecule has 0 bridgehead atoms. The number of carbonyl (C=O) groups is 1. The number of nitrogens with zero attached hydrogens (tertiary/aromatic N) is 3. The van der Waals surface area contributed by atoms with Crippen LogP contribution < -0.4 is 5.32 Å². The average Bonchev–Trinajstić information content (AvgIpc) is 2.75. The van der Waals surface area contributed by atoms with E-state index in [-0.39, 0.29) is 5.91 Å². The van der Waals surface area contributed by atoms with Crippen LogP contribution in [0.5, 0.6) is 0 Å². The molecule has 174 valence electrons. The second-order valence-electron chi connectivity index (χ2n) is 9.26. The number of benzene rings is 1. The number of rotatable bonds is 10. The number of aliphatic hydroxyl groups is 2. The van der Waals surface area contributed by atoms with Crippen LogP contribution in [0.4, 0.5) is 0 Å². The number of amides is 1. The fourth-order valence-corrected chi connectivity index (χ4v) is 4.17. The van der Waals surface area contributed by atoms with Gasteiger partial charge in [-0.15, -0.1) is 0 Å². The first-order valence-electron chi connectivity index (χ1n) is 11.4. The fourth-order valence-electron chi connectivity index (χ4n) is 4.17. The van der Waals surface area contributed by atoms with Gasteiger partial charge in [-0.25, -0.2) is 0 Å². The Morgan fingerprint density at radius 2 is 1.72 bits per heavy atom. The molecule has 7 heteroatoms. The molecule has 7 nitrogen and oxygen atoms in total. The number of aromatic nitrogens is 1. The number of piperazine rings is 1. The SMILES string of the molecule is CC(C)(O)NC(=O)[C@H](Cc1ccccc1)CC(O)CN1CCN(Cc2cccnc2)CC1. The monoisotopic (exact) mass is 440 g/mol. The first kappa shape index (κ1) is 24.3. The second-order valence-corrected chi connectivity index (χ2v) is 9.26. The molecule has 0 aliphatic carbocycles. The molecule has 32 heavy (non-hydrogen) atoms. The van der Waals surface area contributed by atoms with Gasteiger partial charge < -0.3 is 15.5 Å². The number of hydrogen-bond donors (Lipinski definition) is 3. The highest BCUT2D eigenvalue weighted by atomic mass is 16.3. The van der Waals surface area contributed by atoms with Crippen molar-refractivity contribution in [2.24, 2.45) is 5.92 Å². The van der Waals surface area contributed by atoms with Gasteiger partial charge >= 0.3 is 0 Å². The van der Waals surface area contributed by atoms with E-state index in [1.807, 2.05) is 42.6 Å². The van der Waals surface area contributed by atoms with E-state index in [9.17, 15) is 15.0 Å². The van der Waals surface area contributed by atoms with Crippen molar-refractivity contribution in [1.82, 2.24) is 20.1 Å². The summed E-state index contributed by atoms with van der Waals surface area (Å²) in [5.41, 5.74) is 0.962. The van der Waals surface area contributed by atoms with Crippen LogP contribution in [0.2, 0.25) is 0 Å². The van der Waals surface area contributed by atoms with Crippen molar-refractivity contribution in [3.63, 3.8) is 0 Å². The summed E-state index contributed by atoms with van der Waals surface area (Å²) < 4.78 is 0. The van der Waals surface area contributed by atoms with Crippen molar-refractivity contribution in [1.29, 1.82) is 0 Å². The summed E-state index contributed by atoms with van der Waals surface area (Å²) in [6, 6.07) is 13.9. The van der Waals surface area contributed by atoms with Crippen molar-refractivity contribution in [3.8, 4) is 0 Å². The van der Waals surface area contributed by atoms with E-state index in [0.29, 0.717) is 19.4 Å². The molecule has 1 aliphatic rings. The number of hydrogen-bond acceptors (Lipinski definition) is 6. The lowest BCUT2D eigenvalue weighted by atomic mass is 9.92. The van der Waals surface area contributed by atoms with Crippen molar-refractivity contribution in [2.45, 2.75) is 45.1 Å². The smallest absolute Gasteiger partial charge is 0.225 e. The lowest BCUT2D eigenvalue weighted by Crippen LogP contribution is -2.49. The van der Waals surface area contributed by atoms with E-state index in [0.717, 1.165) is 38.3 Å². The van der Waals surface area contributed by atoms with Crippen LogP contribution in [0.1, 0.15) is 31.4 Å². The molecule has 2 heterocycles. The molecule has 1 saturated heterocycles. The maximum Gasteiger partial charge on any atom is 0.225 e. The zero-order valence-corrected chi connectivity index (χ0v) is 19.2. The quantitative estimate of drug-likeness (QED) is 0.487. The summed E-state index contributed by atoms with van der Waals surface area (Å²) in [7, 11) is 0. The van der Waals surface area contributed by atoms with Crippen LogP contribution >= 0.6 is 0 Å². The van der Waals surface area contributed by atoms with Gasteiger partial charge in [0.15, 0.2) is 0 Å². The minimum atomic E-state index is -1.29. The summed E-state index contributed by atoms with van der Waals surface area (Å²) in [6.07, 6.45) is 3.96. The van der Waals surface area contributed by atoms with Gasteiger partial charge in [-0.2, -0.15) is 0 Å². The Kier molecular flexibility index (Phi) is 8.75. The summed E-state index contributed by atoms with van der Waals surface area (Å²) in [4.78, 5) is 21.6. The third kappa shape index (κ3) is 8.31. The Morgan fingerprint density at radius 1 is 1.06 bits per heavy atom. The van der Waals surface area contributed by atoms with Gasteiger partial charge in [0.1, 0.15) is 5.72 Å². The Balaban J connectivity index is 1.50. The Bertz CT molecular complexity index is 818. The molecule has 1 aromatic carbocycles. The van der Waals surface area contributed by atoms with Gasteiger partial charge in [0, 0.05) is 57.6 Å². The highest BCUT2D eigenvalue weighted by Gasteiger charge is 2.28. The summed E-state index contributed by atoms with van der Waals surface area (Å²) in [5, 5.41) is 23.5. The molecular weight excluding hydrogens is 404 g/mol. The molecule has 1 unspecified atom stereocenters. The first-order valence-corrected chi connectivity index (χ1v) is 11.4. The Morgan fingerprint density at radius 3 is 2.34 bits per heavy atom. The van der Waals surface area contributed by atoms with E-state index >= 15 is 0 Å². The molecule has 1 fully saturated rings. The number of pyridine rings is 1. The van der Waals surface area contributed by atoms with Crippen LogP contribution in [-0.2, 0) is 17.8 Å². The molecule has 2 aromatic rings. The summed E-state index contributed by atoms with van der Waals surface area (Å²) >= 11 is 0. The molecule has 1 amide bonds. The highest BCUT2D eigenvalue weighted by Crippen LogP contribution is 2.18. The lowest BCUT2D eigenvalue weighted by Gasteiger charge is -2.36. The molecule has 2 atom stereocenters. The minimum Gasteiger partial charge on any atom is -0.392 e. The molecular formula is C25H36N4O3. The Hall–Kier alpha value is -2.32. The molecule has 0 spiro atoms. The zero-order valence-electron chi connectivity index (χ0n) is 19.2. The van der Waals surface area contributed by atoms with Crippen LogP contribution in [0.3, 0.4) is 0 Å². The van der Waals surface area contributed by atoms with Gasteiger partial charge in [-0.05, 0) is 43.9 Å². The van der Waals surface area contributed by atoms with E-state index in [2.05, 4.69) is 26.2 Å². The fraction of sp³-hybridized carbons (Fsp3) is 0.520. The first-order chi connectivity index (χ1) is 15.3. The van der Waals surface area contributed by atoms with Crippen molar-refractivity contribution in [3.05, 3.63) is 66.0 Å². The molecule has 1 aliphatic heterocycles. The van der Waals surface area contributed by atoms with E-state index < -0.39 is 17.7 Å². The molecule has 0 radical (unpaired) electrons. The van der Waals surface area contributed by atoms with E-state index in [4.69, 9.17) is 0 Å². The van der Waals surface area contributed by atoms with Gasteiger partial charge in [-0.1, -0.05) is 36.4 Å².